The van der Waals surface area contributed by atoms with E-state index < -0.39 is 6.10 Å². The van der Waals surface area contributed by atoms with E-state index in [4.69, 9.17) is 4.99 Å². The molecular weight excluding hydrogens is 336 g/mol. The number of guanidine groups is 1. The minimum atomic E-state index is -0.604. The van der Waals surface area contributed by atoms with Crippen molar-refractivity contribution in [1.29, 1.82) is 0 Å². The van der Waals surface area contributed by atoms with Crippen LogP contribution in [0.25, 0.3) is 0 Å². The predicted octanol–water partition coefficient (Wildman–Crippen LogP) is 3.43. The first-order valence-corrected chi connectivity index (χ1v) is 9.81. The number of aliphatic hydroxyl groups is 1. The molecule has 1 atom stereocenters. The van der Waals surface area contributed by atoms with E-state index in [9.17, 15) is 5.11 Å². The maximum Gasteiger partial charge on any atom is 0.191 e. The summed E-state index contributed by atoms with van der Waals surface area (Å²) in [6.07, 6.45) is 4.82. The minimum Gasteiger partial charge on any atom is -0.387 e. The van der Waals surface area contributed by atoms with E-state index in [1.807, 2.05) is 19.1 Å². The highest BCUT2D eigenvalue weighted by molar-refractivity contribution is 5.79. The molecule has 1 aromatic heterocycles. The van der Waals surface area contributed by atoms with Crippen LogP contribution in [0.1, 0.15) is 50.8 Å². The Morgan fingerprint density at radius 1 is 1.04 bits per heavy atom. The van der Waals surface area contributed by atoms with Crippen molar-refractivity contribution in [2.45, 2.75) is 45.1 Å². The van der Waals surface area contributed by atoms with Crippen LogP contribution in [0.3, 0.4) is 0 Å². The Bertz CT molecular complexity index is 684. The van der Waals surface area contributed by atoms with E-state index in [2.05, 4.69) is 59.8 Å². The van der Waals surface area contributed by atoms with E-state index in [0.29, 0.717) is 13.1 Å². The Morgan fingerprint density at radius 3 is 2.30 bits per heavy atom. The minimum absolute atomic E-state index is 0.0212. The monoisotopic (exact) mass is 368 g/mol. The Labute approximate surface area is 163 Å². The lowest BCUT2D eigenvalue weighted by Gasteiger charge is -2.31. The topological polar surface area (TPSA) is 69.5 Å². The van der Waals surface area contributed by atoms with E-state index in [-0.39, 0.29) is 5.41 Å². The molecule has 5 heteroatoms. The first-order valence-electron chi connectivity index (χ1n) is 9.81. The van der Waals surface area contributed by atoms with Gasteiger partial charge in [0, 0.05) is 30.9 Å². The normalized spacial score (nSPS) is 13.3. The summed E-state index contributed by atoms with van der Waals surface area (Å²) in [7, 11) is 0. The van der Waals surface area contributed by atoms with Crippen LogP contribution < -0.4 is 10.6 Å². The van der Waals surface area contributed by atoms with Gasteiger partial charge >= 0.3 is 0 Å². The largest absolute Gasteiger partial charge is 0.387 e. The fourth-order valence-corrected chi connectivity index (χ4v) is 3.23. The highest BCUT2D eigenvalue weighted by atomic mass is 16.3. The molecule has 5 nitrogen and oxygen atoms in total. The average molecular weight is 369 g/mol. The molecule has 0 amide bonds. The van der Waals surface area contributed by atoms with Crippen molar-refractivity contribution in [3.05, 3.63) is 66.0 Å². The van der Waals surface area contributed by atoms with Gasteiger partial charge in [0.25, 0.3) is 0 Å². The van der Waals surface area contributed by atoms with Crippen molar-refractivity contribution in [3.63, 3.8) is 0 Å². The summed E-state index contributed by atoms with van der Waals surface area (Å²) in [6.45, 7) is 8.35. The van der Waals surface area contributed by atoms with Gasteiger partial charge in [-0.1, -0.05) is 44.2 Å². The van der Waals surface area contributed by atoms with E-state index in [0.717, 1.165) is 30.9 Å². The zero-order valence-electron chi connectivity index (χ0n) is 16.7. The van der Waals surface area contributed by atoms with Crippen LogP contribution in [0.4, 0.5) is 0 Å². The van der Waals surface area contributed by atoms with Crippen LogP contribution in [0, 0.1) is 0 Å². The standard InChI is InChI=1S/C22H32N4O/c1-4-22(5-2,19-10-8-7-9-11-19)17-26-21(24-6-3)25-16-20(27)18-12-14-23-15-13-18/h7-15,20,27H,4-6,16-17H2,1-3H3,(H2,24,25,26). The number of aromatic nitrogens is 1. The van der Waals surface area contributed by atoms with Crippen LogP contribution in [-0.2, 0) is 5.41 Å². The molecule has 0 aliphatic heterocycles. The van der Waals surface area contributed by atoms with Gasteiger partial charge in [0.15, 0.2) is 5.96 Å². The third-order valence-electron chi connectivity index (χ3n) is 5.18. The van der Waals surface area contributed by atoms with Crippen molar-refractivity contribution in [1.82, 2.24) is 15.6 Å². The predicted molar refractivity (Wildman–Crippen MR) is 112 cm³/mol. The van der Waals surface area contributed by atoms with Crippen LogP contribution in [0.5, 0.6) is 0 Å². The molecule has 2 rings (SSSR count). The average Bonchev–Trinajstić information content (AvgIpc) is 2.74. The number of nitrogens with one attached hydrogen (secondary N) is 2. The molecule has 0 spiro atoms. The molecule has 0 saturated heterocycles. The lowest BCUT2D eigenvalue weighted by atomic mass is 9.76. The van der Waals surface area contributed by atoms with Crippen LogP contribution >= 0.6 is 0 Å². The SMILES string of the molecule is CCNC(=NCC(CC)(CC)c1ccccc1)NCC(O)c1ccncc1. The fourth-order valence-electron chi connectivity index (χ4n) is 3.23. The molecular formula is C22H32N4O. The summed E-state index contributed by atoms with van der Waals surface area (Å²) in [5.74, 6) is 0.729. The van der Waals surface area contributed by atoms with Crippen LogP contribution in [-0.4, -0.2) is 35.7 Å². The third-order valence-corrected chi connectivity index (χ3v) is 5.18. The maximum absolute atomic E-state index is 10.4. The van der Waals surface area contributed by atoms with Gasteiger partial charge in [-0.05, 0) is 43.0 Å². The summed E-state index contributed by atoms with van der Waals surface area (Å²) in [5, 5.41) is 16.9. The lowest BCUT2D eigenvalue weighted by Crippen LogP contribution is -2.41. The summed E-state index contributed by atoms with van der Waals surface area (Å²) >= 11 is 0. The highest BCUT2D eigenvalue weighted by Crippen LogP contribution is 2.31. The number of pyridine rings is 1. The van der Waals surface area contributed by atoms with Gasteiger partial charge in [0.05, 0.1) is 12.6 Å². The maximum atomic E-state index is 10.4. The van der Waals surface area contributed by atoms with E-state index in [1.54, 1.807) is 12.4 Å². The van der Waals surface area contributed by atoms with Gasteiger partial charge < -0.3 is 15.7 Å². The molecule has 0 fully saturated rings. The van der Waals surface area contributed by atoms with Gasteiger partial charge in [0.1, 0.15) is 0 Å². The molecule has 0 aliphatic carbocycles. The summed E-state index contributed by atoms with van der Waals surface area (Å²) in [5.41, 5.74) is 2.19. The molecule has 1 aromatic carbocycles. The molecule has 27 heavy (non-hydrogen) atoms. The summed E-state index contributed by atoms with van der Waals surface area (Å²) in [4.78, 5) is 8.83. The van der Waals surface area contributed by atoms with Crippen molar-refractivity contribution in [2.24, 2.45) is 4.99 Å². The van der Waals surface area contributed by atoms with E-state index in [1.165, 1.54) is 5.56 Å². The zero-order valence-corrected chi connectivity index (χ0v) is 16.7. The zero-order chi connectivity index (χ0) is 19.5. The highest BCUT2D eigenvalue weighted by Gasteiger charge is 2.28. The molecule has 0 bridgehead atoms. The third kappa shape index (κ3) is 5.79. The summed E-state index contributed by atoms with van der Waals surface area (Å²) in [6, 6.07) is 14.3. The Hall–Kier alpha value is -2.40. The van der Waals surface area contributed by atoms with Crippen molar-refractivity contribution in [2.75, 3.05) is 19.6 Å². The number of benzene rings is 1. The van der Waals surface area contributed by atoms with Gasteiger partial charge in [0.2, 0.25) is 0 Å². The molecule has 2 aromatic rings. The molecule has 0 radical (unpaired) electrons. The first-order chi connectivity index (χ1) is 13.1. The van der Waals surface area contributed by atoms with Crippen LogP contribution in [0.15, 0.2) is 59.9 Å². The van der Waals surface area contributed by atoms with Crippen LogP contribution in [0.2, 0.25) is 0 Å². The van der Waals surface area contributed by atoms with Crippen molar-refractivity contribution >= 4 is 5.96 Å². The number of aliphatic hydroxyl groups excluding tert-OH is 1. The molecule has 1 unspecified atom stereocenters. The van der Waals surface area contributed by atoms with Gasteiger partial charge in [-0.15, -0.1) is 0 Å². The Balaban J connectivity index is 2.08. The number of aliphatic imine (C=N–C) groups is 1. The molecule has 146 valence electrons. The number of nitrogens with zero attached hydrogens (tertiary/aromatic N) is 2. The van der Waals surface area contributed by atoms with Gasteiger partial charge in [-0.2, -0.15) is 0 Å². The van der Waals surface area contributed by atoms with Crippen molar-refractivity contribution in [3.8, 4) is 0 Å². The Kier molecular flexibility index (Phi) is 8.27. The summed E-state index contributed by atoms with van der Waals surface area (Å²) < 4.78 is 0. The second kappa shape index (κ2) is 10.7. The second-order valence-corrected chi connectivity index (χ2v) is 6.73. The van der Waals surface area contributed by atoms with Crippen molar-refractivity contribution < 1.29 is 5.11 Å². The molecule has 0 saturated carbocycles. The molecule has 0 aliphatic rings. The van der Waals surface area contributed by atoms with Gasteiger partial charge in [-0.25, -0.2) is 0 Å². The Morgan fingerprint density at radius 2 is 1.70 bits per heavy atom. The lowest BCUT2D eigenvalue weighted by molar-refractivity contribution is 0.180. The smallest absolute Gasteiger partial charge is 0.191 e. The van der Waals surface area contributed by atoms with Gasteiger partial charge in [-0.3, -0.25) is 9.98 Å². The number of hydrogen-bond donors (Lipinski definition) is 3. The quantitative estimate of drug-likeness (QED) is 0.468. The molecule has 1 heterocycles. The molecule has 3 N–H and O–H groups in total. The fraction of sp³-hybridized carbons (Fsp3) is 0.455. The first kappa shape index (κ1) is 20.9. The second-order valence-electron chi connectivity index (χ2n) is 6.73. The number of hydrogen-bond acceptors (Lipinski definition) is 3. The number of rotatable bonds is 9. The van der Waals surface area contributed by atoms with E-state index >= 15 is 0 Å².